The molecule has 6 heteroatoms. The molecule has 0 N–H and O–H groups in total. The molecule has 0 bridgehead atoms. The van der Waals surface area contributed by atoms with Crippen LogP contribution < -0.4 is 9.80 Å². The monoisotopic (exact) mass is 301 g/mol. The van der Waals surface area contributed by atoms with E-state index in [1.54, 1.807) is 0 Å². The van der Waals surface area contributed by atoms with Gasteiger partial charge in [-0.05, 0) is 31.7 Å². The smallest absolute Gasteiger partial charge is 0.227 e. The lowest BCUT2D eigenvalue weighted by atomic mass is 10.2. The normalized spacial score (nSPS) is 22.3. The van der Waals surface area contributed by atoms with E-state index in [-0.39, 0.29) is 0 Å². The summed E-state index contributed by atoms with van der Waals surface area (Å²) in [6.07, 6.45) is 6.50. The van der Waals surface area contributed by atoms with E-state index in [1.807, 2.05) is 17.2 Å². The van der Waals surface area contributed by atoms with Crippen LogP contribution in [-0.4, -0.2) is 60.0 Å². The Balaban J connectivity index is 1.40. The van der Waals surface area contributed by atoms with Crippen LogP contribution in [0.2, 0.25) is 0 Å². The summed E-state index contributed by atoms with van der Waals surface area (Å²) in [5.41, 5.74) is 0. The van der Waals surface area contributed by atoms with Crippen molar-refractivity contribution >= 4 is 17.7 Å². The van der Waals surface area contributed by atoms with Crippen molar-refractivity contribution in [1.82, 2.24) is 14.9 Å². The van der Waals surface area contributed by atoms with Gasteiger partial charge in [-0.25, -0.2) is 4.98 Å². The fourth-order valence-electron chi connectivity index (χ4n) is 3.33. The second kappa shape index (κ2) is 5.74. The zero-order valence-corrected chi connectivity index (χ0v) is 12.9. The third-order valence-corrected chi connectivity index (χ3v) is 4.86. The summed E-state index contributed by atoms with van der Waals surface area (Å²) in [7, 11) is 0. The van der Waals surface area contributed by atoms with Gasteiger partial charge in [0, 0.05) is 51.4 Å². The number of carbonyl (C=O) groups excluding carboxylic acids is 1. The van der Waals surface area contributed by atoms with Gasteiger partial charge < -0.3 is 14.7 Å². The van der Waals surface area contributed by atoms with Crippen molar-refractivity contribution in [3.8, 4) is 0 Å². The van der Waals surface area contributed by atoms with Crippen molar-refractivity contribution in [2.45, 2.75) is 25.7 Å². The van der Waals surface area contributed by atoms with Crippen LogP contribution in [0.5, 0.6) is 0 Å². The van der Waals surface area contributed by atoms with E-state index in [0.717, 1.165) is 63.9 Å². The predicted molar refractivity (Wildman–Crippen MR) is 85.0 cm³/mol. The Hall–Kier alpha value is -1.85. The molecule has 3 heterocycles. The molecule has 0 radical (unpaired) electrons. The first-order valence-corrected chi connectivity index (χ1v) is 8.43. The number of carbonyl (C=O) groups is 1. The number of hydrogen-bond acceptors (Lipinski definition) is 5. The standard InChI is InChI=1S/C16H23N5O/c22-15(13-3-4-13)20-11-9-19(10-12-20)14-5-6-17-16(18-14)21-7-1-2-8-21/h5-6,13H,1-4,7-12H2. The van der Waals surface area contributed by atoms with Crippen LogP contribution in [0.4, 0.5) is 11.8 Å². The Morgan fingerprint density at radius 1 is 1.00 bits per heavy atom. The summed E-state index contributed by atoms with van der Waals surface area (Å²) in [6.45, 7) is 5.50. The molecule has 1 amide bonds. The zero-order valence-electron chi connectivity index (χ0n) is 12.9. The minimum atomic E-state index is 0.326. The topological polar surface area (TPSA) is 52.6 Å². The summed E-state index contributed by atoms with van der Waals surface area (Å²) >= 11 is 0. The van der Waals surface area contributed by atoms with E-state index in [0.29, 0.717) is 11.8 Å². The number of anilines is 2. The lowest BCUT2D eigenvalue weighted by molar-refractivity contribution is -0.132. The SMILES string of the molecule is O=C(C1CC1)N1CCN(c2ccnc(N3CCCC3)n2)CC1. The summed E-state index contributed by atoms with van der Waals surface area (Å²) < 4.78 is 0. The largest absolute Gasteiger partial charge is 0.353 e. The Morgan fingerprint density at radius 2 is 1.73 bits per heavy atom. The molecule has 2 aliphatic heterocycles. The average Bonchev–Trinajstić information content (AvgIpc) is 3.28. The van der Waals surface area contributed by atoms with Gasteiger partial charge in [-0.3, -0.25) is 4.79 Å². The van der Waals surface area contributed by atoms with Gasteiger partial charge in [-0.1, -0.05) is 0 Å². The van der Waals surface area contributed by atoms with Gasteiger partial charge in [0.15, 0.2) is 0 Å². The van der Waals surface area contributed by atoms with Crippen LogP contribution >= 0.6 is 0 Å². The summed E-state index contributed by atoms with van der Waals surface area (Å²) in [5.74, 6) is 2.54. The average molecular weight is 301 g/mol. The van der Waals surface area contributed by atoms with Gasteiger partial charge in [0.05, 0.1) is 0 Å². The van der Waals surface area contributed by atoms with Gasteiger partial charge in [-0.2, -0.15) is 4.98 Å². The summed E-state index contributed by atoms with van der Waals surface area (Å²) in [4.78, 5) is 27.8. The quantitative estimate of drug-likeness (QED) is 0.838. The highest BCUT2D eigenvalue weighted by molar-refractivity contribution is 5.81. The number of rotatable bonds is 3. The summed E-state index contributed by atoms with van der Waals surface area (Å²) in [6, 6.07) is 1.98. The molecule has 1 aromatic heterocycles. The molecule has 4 rings (SSSR count). The number of amides is 1. The molecule has 118 valence electrons. The molecule has 0 unspecified atom stereocenters. The number of nitrogens with zero attached hydrogens (tertiary/aromatic N) is 5. The second-order valence-electron chi connectivity index (χ2n) is 6.50. The van der Waals surface area contributed by atoms with E-state index in [2.05, 4.69) is 14.8 Å². The molecule has 3 aliphatic rings. The fourth-order valence-corrected chi connectivity index (χ4v) is 3.33. The maximum Gasteiger partial charge on any atom is 0.227 e. The van der Waals surface area contributed by atoms with E-state index in [4.69, 9.17) is 4.98 Å². The van der Waals surface area contributed by atoms with Crippen molar-refractivity contribution in [2.75, 3.05) is 49.1 Å². The van der Waals surface area contributed by atoms with Crippen LogP contribution in [0.15, 0.2) is 12.3 Å². The van der Waals surface area contributed by atoms with Gasteiger partial charge in [0.1, 0.15) is 5.82 Å². The first kappa shape index (κ1) is 13.8. The summed E-state index contributed by atoms with van der Waals surface area (Å²) in [5, 5.41) is 0. The third kappa shape index (κ3) is 2.74. The molecule has 0 aromatic carbocycles. The molecule has 6 nitrogen and oxygen atoms in total. The lowest BCUT2D eigenvalue weighted by Crippen LogP contribution is -2.49. The lowest BCUT2D eigenvalue weighted by Gasteiger charge is -2.35. The number of piperazine rings is 1. The first-order valence-electron chi connectivity index (χ1n) is 8.43. The highest BCUT2D eigenvalue weighted by atomic mass is 16.2. The van der Waals surface area contributed by atoms with Gasteiger partial charge in [0.25, 0.3) is 0 Å². The molecule has 0 atom stereocenters. The first-order chi connectivity index (χ1) is 10.8. The molecule has 1 aliphatic carbocycles. The van der Waals surface area contributed by atoms with Gasteiger partial charge in [-0.15, -0.1) is 0 Å². The number of hydrogen-bond donors (Lipinski definition) is 0. The Bertz CT molecular complexity index is 545. The highest BCUT2D eigenvalue weighted by Crippen LogP contribution is 2.31. The fraction of sp³-hybridized carbons (Fsp3) is 0.688. The molecule has 0 spiro atoms. The Morgan fingerprint density at radius 3 is 2.41 bits per heavy atom. The molecule has 1 aromatic rings. The minimum Gasteiger partial charge on any atom is -0.353 e. The van der Waals surface area contributed by atoms with Crippen LogP contribution in [0.1, 0.15) is 25.7 Å². The minimum absolute atomic E-state index is 0.326. The number of aromatic nitrogens is 2. The molecule has 3 fully saturated rings. The predicted octanol–water partition coefficient (Wildman–Crippen LogP) is 1.14. The maximum absolute atomic E-state index is 12.1. The molecular formula is C16H23N5O. The van der Waals surface area contributed by atoms with Crippen molar-refractivity contribution in [2.24, 2.45) is 5.92 Å². The van der Waals surface area contributed by atoms with Gasteiger partial charge in [0.2, 0.25) is 11.9 Å². The van der Waals surface area contributed by atoms with Gasteiger partial charge >= 0.3 is 0 Å². The van der Waals surface area contributed by atoms with Crippen LogP contribution in [0, 0.1) is 5.92 Å². The van der Waals surface area contributed by atoms with Crippen LogP contribution in [0.3, 0.4) is 0 Å². The van der Waals surface area contributed by atoms with Crippen LogP contribution in [-0.2, 0) is 4.79 Å². The second-order valence-corrected chi connectivity index (χ2v) is 6.50. The van der Waals surface area contributed by atoms with Crippen LogP contribution in [0.25, 0.3) is 0 Å². The highest BCUT2D eigenvalue weighted by Gasteiger charge is 2.34. The van der Waals surface area contributed by atoms with Crippen molar-refractivity contribution < 1.29 is 4.79 Å². The van der Waals surface area contributed by atoms with E-state index < -0.39 is 0 Å². The van der Waals surface area contributed by atoms with E-state index in [1.165, 1.54) is 12.8 Å². The van der Waals surface area contributed by atoms with E-state index >= 15 is 0 Å². The molecule has 2 saturated heterocycles. The van der Waals surface area contributed by atoms with Crippen molar-refractivity contribution in [3.05, 3.63) is 12.3 Å². The maximum atomic E-state index is 12.1. The third-order valence-electron chi connectivity index (χ3n) is 4.86. The molecule has 1 saturated carbocycles. The molecular weight excluding hydrogens is 278 g/mol. The Kier molecular flexibility index (Phi) is 3.60. The molecule has 22 heavy (non-hydrogen) atoms. The van der Waals surface area contributed by atoms with Crippen molar-refractivity contribution in [1.29, 1.82) is 0 Å². The Labute approximate surface area is 131 Å². The zero-order chi connectivity index (χ0) is 14.9. The van der Waals surface area contributed by atoms with Crippen molar-refractivity contribution in [3.63, 3.8) is 0 Å². The van der Waals surface area contributed by atoms with E-state index in [9.17, 15) is 4.79 Å².